The number of phosphoric ester groups is 1. The van der Waals surface area contributed by atoms with Gasteiger partial charge in [-0.1, -0.05) is 132 Å². The van der Waals surface area contributed by atoms with Gasteiger partial charge in [-0.05, 0) is 64.2 Å². The highest BCUT2D eigenvalue weighted by Gasteiger charge is 2.26. The minimum absolute atomic E-state index is 0.0705. The third kappa shape index (κ3) is 32.3. The van der Waals surface area contributed by atoms with Crippen molar-refractivity contribution in [1.29, 1.82) is 0 Å². The van der Waals surface area contributed by atoms with Crippen LogP contribution in [-0.2, 0) is 18.4 Å². The summed E-state index contributed by atoms with van der Waals surface area (Å²) in [7, 11) is -4.33. The molecule has 1 amide bonds. The van der Waals surface area contributed by atoms with Crippen LogP contribution in [0.5, 0.6) is 0 Å². The number of aliphatic hydroxyl groups is 1. The van der Waals surface area contributed by atoms with Gasteiger partial charge in [-0.2, -0.15) is 0 Å². The van der Waals surface area contributed by atoms with E-state index in [9.17, 15) is 19.4 Å². The van der Waals surface area contributed by atoms with Crippen LogP contribution in [0.15, 0.2) is 72.9 Å². The van der Waals surface area contributed by atoms with Gasteiger partial charge in [-0.3, -0.25) is 13.8 Å². The van der Waals surface area contributed by atoms with Crippen LogP contribution in [0.25, 0.3) is 0 Å². The minimum Gasteiger partial charge on any atom is -0.387 e. The van der Waals surface area contributed by atoms with Crippen molar-refractivity contribution >= 4 is 13.7 Å². The van der Waals surface area contributed by atoms with E-state index in [2.05, 4.69) is 79.9 Å². The topological polar surface area (TPSA) is 131 Å². The van der Waals surface area contributed by atoms with E-state index in [0.29, 0.717) is 6.42 Å². The van der Waals surface area contributed by atoms with E-state index in [4.69, 9.17) is 14.8 Å². The minimum atomic E-state index is -4.33. The second-order valence-electron chi connectivity index (χ2n) is 11.7. The zero-order valence-electron chi connectivity index (χ0n) is 29.5. The van der Waals surface area contributed by atoms with Gasteiger partial charge < -0.3 is 21.1 Å². The Morgan fingerprint density at radius 3 is 1.81 bits per heavy atom. The molecule has 0 aliphatic rings. The standard InChI is InChI=1S/C38H67N2O6P/c1-3-5-7-9-11-12-13-14-15-16-17-18-19-20-21-22-23-24-26-28-30-32-38(42)40-36(35-46-47(43,44)45-34-33-39)37(41)31-29-27-25-10-8-6-4-2/h5,7,11-12,14-15,17-18,20-21,29,31,36-37,41H,3-4,6,8-10,13,16,19,22-28,30,32-35,39H2,1-2H3,(H,40,42)(H,43,44)/b7-5-,12-11-,15-14-,18-17-,21-20-,31-29+. The number of hydrogen-bond donors (Lipinski definition) is 4. The summed E-state index contributed by atoms with van der Waals surface area (Å²) in [6.45, 7) is 3.90. The maximum Gasteiger partial charge on any atom is 0.472 e. The van der Waals surface area contributed by atoms with E-state index in [0.717, 1.165) is 89.9 Å². The molecule has 0 saturated heterocycles. The fraction of sp³-hybridized carbons (Fsp3) is 0.658. The van der Waals surface area contributed by atoms with Crippen LogP contribution in [0.3, 0.4) is 0 Å². The van der Waals surface area contributed by atoms with Gasteiger partial charge in [0.25, 0.3) is 0 Å². The Morgan fingerprint density at radius 1 is 0.723 bits per heavy atom. The molecule has 0 aromatic heterocycles. The van der Waals surface area contributed by atoms with Gasteiger partial charge in [0.2, 0.25) is 5.91 Å². The number of aliphatic hydroxyl groups excluding tert-OH is 1. The van der Waals surface area contributed by atoms with E-state index >= 15 is 0 Å². The number of hydrogen-bond acceptors (Lipinski definition) is 6. The van der Waals surface area contributed by atoms with E-state index in [1.54, 1.807) is 6.08 Å². The SMILES string of the molecule is CC/C=C\C/C=C\C/C=C\C/C=C\C/C=C\CCCCCCCC(=O)NC(COP(=O)(O)OCCN)C(O)/C=C/CCCCCCC. The highest BCUT2D eigenvalue weighted by Crippen LogP contribution is 2.43. The third-order valence-electron chi connectivity index (χ3n) is 7.29. The van der Waals surface area contributed by atoms with Gasteiger partial charge >= 0.3 is 7.82 Å². The molecule has 0 rings (SSSR count). The van der Waals surface area contributed by atoms with Gasteiger partial charge in [-0.15, -0.1) is 0 Å². The third-order valence-corrected chi connectivity index (χ3v) is 8.27. The highest BCUT2D eigenvalue weighted by molar-refractivity contribution is 7.47. The molecule has 0 aromatic carbocycles. The Kier molecular flexibility index (Phi) is 32.3. The van der Waals surface area contributed by atoms with Gasteiger partial charge in [0.15, 0.2) is 0 Å². The van der Waals surface area contributed by atoms with Crippen LogP contribution < -0.4 is 11.1 Å². The molecule has 3 atom stereocenters. The quantitative estimate of drug-likeness (QED) is 0.0317. The molecule has 3 unspecified atom stereocenters. The lowest BCUT2D eigenvalue weighted by Crippen LogP contribution is -2.45. The van der Waals surface area contributed by atoms with Crippen molar-refractivity contribution in [1.82, 2.24) is 5.32 Å². The lowest BCUT2D eigenvalue weighted by atomic mass is 10.1. The molecule has 8 nitrogen and oxygen atoms in total. The smallest absolute Gasteiger partial charge is 0.387 e. The van der Waals surface area contributed by atoms with Crippen LogP contribution in [0.4, 0.5) is 0 Å². The number of carbonyl (C=O) groups excluding carboxylic acids is 1. The number of nitrogens with two attached hydrogens (primary N) is 1. The van der Waals surface area contributed by atoms with E-state index in [1.165, 1.54) is 19.3 Å². The summed E-state index contributed by atoms with van der Waals surface area (Å²) < 4.78 is 21.9. The van der Waals surface area contributed by atoms with Gasteiger partial charge in [0, 0.05) is 13.0 Å². The second kappa shape index (κ2) is 33.8. The molecule has 0 aromatic rings. The Bertz CT molecular complexity index is 960. The molecule has 0 spiro atoms. The summed E-state index contributed by atoms with van der Waals surface area (Å²) in [6, 6.07) is -0.871. The molecule has 0 fully saturated rings. The highest BCUT2D eigenvalue weighted by atomic mass is 31.2. The van der Waals surface area contributed by atoms with Gasteiger partial charge in [0.1, 0.15) is 0 Å². The fourth-order valence-electron chi connectivity index (χ4n) is 4.57. The molecule has 47 heavy (non-hydrogen) atoms. The molecule has 0 bridgehead atoms. The van der Waals surface area contributed by atoms with Crippen molar-refractivity contribution in [2.45, 2.75) is 142 Å². The molecular weight excluding hydrogens is 611 g/mol. The van der Waals surface area contributed by atoms with Crippen molar-refractivity contribution in [2.24, 2.45) is 5.73 Å². The first-order chi connectivity index (χ1) is 22.9. The van der Waals surface area contributed by atoms with Crippen molar-refractivity contribution in [3.05, 3.63) is 72.9 Å². The summed E-state index contributed by atoms with van der Waals surface area (Å²) >= 11 is 0. The van der Waals surface area contributed by atoms with Crippen LogP contribution in [-0.4, -0.2) is 47.8 Å². The number of carbonyl (C=O) groups is 1. The molecule has 0 aliphatic heterocycles. The zero-order chi connectivity index (χ0) is 34.7. The molecule has 0 radical (unpaired) electrons. The zero-order valence-corrected chi connectivity index (χ0v) is 30.4. The maximum absolute atomic E-state index is 12.6. The summed E-state index contributed by atoms with van der Waals surface area (Å²) in [5.41, 5.74) is 5.33. The monoisotopic (exact) mass is 678 g/mol. The van der Waals surface area contributed by atoms with Gasteiger partial charge in [-0.25, -0.2) is 4.57 Å². The molecule has 0 saturated carbocycles. The number of rotatable bonds is 32. The number of amides is 1. The van der Waals surface area contributed by atoms with E-state index < -0.39 is 20.0 Å². The number of unbranched alkanes of at least 4 members (excludes halogenated alkanes) is 10. The maximum atomic E-state index is 12.6. The normalized spacial score (nSPS) is 15.3. The van der Waals surface area contributed by atoms with Crippen LogP contribution >= 0.6 is 7.82 Å². The molecule has 0 aliphatic carbocycles. The van der Waals surface area contributed by atoms with E-state index in [1.807, 2.05) is 6.08 Å². The fourth-order valence-corrected chi connectivity index (χ4v) is 5.33. The summed E-state index contributed by atoms with van der Waals surface area (Å²) in [5, 5.41) is 13.5. The summed E-state index contributed by atoms with van der Waals surface area (Å²) in [4.78, 5) is 22.5. The first-order valence-electron chi connectivity index (χ1n) is 18.1. The first kappa shape index (κ1) is 44.9. The largest absolute Gasteiger partial charge is 0.472 e. The van der Waals surface area contributed by atoms with Crippen LogP contribution in [0.1, 0.15) is 129 Å². The molecule has 0 heterocycles. The molecule has 270 valence electrons. The lowest BCUT2D eigenvalue weighted by molar-refractivity contribution is -0.123. The average molecular weight is 679 g/mol. The van der Waals surface area contributed by atoms with E-state index in [-0.39, 0.29) is 25.7 Å². The van der Waals surface area contributed by atoms with Crippen LogP contribution in [0.2, 0.25) is 0 Å². The predicted molar refractivity (Wildman–Crippen MR) is 198 cm³/mol. The predicted octanol–water partition coefficient (Wildman–Crippen LogP) is 9.32. The number of phosphoric acid groups is 1. The van der Waals surface area contributed by atoms with Crippen molar-refractivity contribution in [2.75, 3.05) is 19.8 Å². The second-order valence-corrected chi connectivity index (χ2v) is 13.1. The molecule has 5 N–H and O–H groups in total. The number of allylic oxidation sites excluding steroid dienone is 11. The number of nitrogens with one attached hydrogen (secondary N) is 1. The lowest BCUT2D eigenvalue weighted by Gasteiger charge is -2.23. The summed E-state index contributed by atoms with van der Waals surface area (Å²) in [5.74, 6) is -0.222. The van der Waals surface area contributed by atoms with Crippen molar-refractivity contribution < 1.29 is 28.4 Å². The Balaban J connectivity index is 4.23. The first-order valence-corrected chi connectivity index (χ1v) is 19.6. The van der Waals surface area contributed by atoms with Crippen molar-refractivity contribution in [3.8, 4) is 0 Å². The summed E-state index contributed by atoms with van der Waals surface area (Å²) in [6.07, 6.45) is 42.5. The Labute approximate surface area is 287 Å². The Hall–Kier alpha value is -2.06. The molecule has 9 heteroatoms. The molecular formula is C38H67N2O6P. The van der Waals surface area contributed by atoms with Crippen LogP contribution in [0, 0.1) is 0 Å². The Morgan fingerprint density at radius 2 is 1.23 bits per heavy atom. The van der Waals surface area contributed by atoms with Gasteiger partial charge in [0.05, 0.1) is 25.4 Å². The average Bonchev–Trinajstić information content (AvgIpc) is 3.05. The van der Waals surface area contributed by atoms with Crippen molar-refractivity contribution in [3.63, 3.8) is 0 Å².